The van der Waals surface area contributed by atoms with Crippen molar-refractivity contribution in [3.8, 4) is 0 Å². The van der Waals surface area contributed by atoms with Gasteiger partial charge >= 0.3 is 0 Å². The Hall–Kier alpha value is -0.430. The largest absolute Gasteiger partial charge is 0.356 e. The summed E-state index contributed by atoms with van der Waals surface area (Å²) in [6.07, 6.45) is 2.45. The third kappa shape index (κ3) is 3.91. The molecule has 22 heavy (non-hydrogen) atoms. The molecule has 2 aliphatic rings. The fourth-order valence-electron chi connectivity index (χ4n) is 3.25. The summed E-state index contributed by atoms with van der Waals surface area (Å²) in [6, 6.07) is 8.79. The average Bonchev–Trinajstić information content (AvgIpc) is 2.52. The van der Waals surface area contributed by atoms with Crippen molar-refractivity contribution in [2.45, 2.75) is 30.9 Å². The number of benzene rings is 1. The van der Waals surface area contributed by atoms with Crippen LogP contribution in [0.5, 0.6) is 0 Å². The van der Waals surface area contributed by atoms with E-state index in [9.17, 15) is 0 Å². The van der Waals surface area contributed by atoms with Crippen LogP contribution in [0.15, 0.2) is 29.3 Å². The quantitative estimate of drug-likeness (QED) is 0.452. The number of hydrogen-bond acceptors (Lipinski definition) is 2. The van der Waals surface area contributed by atoms with E-state index in [-0.39, 0.29) is 24.0 Å². The van der Waals surface area contributed by atoms with Gasteiger partial charge in [-0.1, -0.05) is 31.2 Å². The third-order valence-electron chi connectivity index (χ3n) is 4.57. The first-order valence-electron chi connectivity index (χ1n) is 7.96. The number of thioether (sulfide) groups is 1. The van der Waals surface area contributed by atoms with E-state index in [0.29, 0.717) is 5.92 Å². The molecule has 0 bridgehead atoms. The standard InChI is InChI=1S/C17H25N3S.HI/c1-3-15-12-20(8-9-21-15)17(18-2)19-11-14-10-13-6-4-5-7-16(13)14;/h4-7,14-15H,3,8-12H2,1-2H3,(H,18,19);1H. The molecule has 0 aromatic heterocycles. The third-order valence-corrected chi connectivity index (χ3v) is 5.95. The predicted octanol–water partition coefficient (Wildman–Crippen LogP) is 3.35. The van der Waals surface area contributed by atoms with Gasteiger partial charge in [-0.2, -0.15) is 11.8 Å². The lowest BCUT2D eigenvalue weighted by atomic mass is 9.78. The van der Waals surface area contributed by atoms with Crippen molar-refractivity contribution in [2.75, 3.05) is 32.4 Å². The van der Waals surface area contributed by atoms with E-state index in [0.717, 1.165) is 30.8 Å². The van der Waals surface area contributed by atoms with Gasteiger partial charge in [-0.25, -0.2) is 0 Å². The van der Waals surface area contributed by atoms with Crippen molar-refractivity contribution in [3.05, 3.63) is 35.4 Å². The molecule has 0 saturated carbocycles. The number of nitrogens with one attached hydrogen (secondary N) is 1. The van der Waals surface area contributed by atoms with Crippen LogP contribution in [0.1, 0.15) is 30.4 Å². The normalized spacial score (nSPS) is 24.1. The molecule has 0 radical (unpaired) electrons. The van der Waals surface area contributed by atoms with Crippen LogP contribution >= 0.6 is 35.7 Å². The summed E-state index contributed by atoms with van der Waals surface area (Å²) in [7, 11) is 1.90. The Labute approximate surface area is 155 Å². The van der Waals surface area contributed by atoms with Gasteiger partial charge in [0.25, 0.3) is 0 Å². The van der Waals surface area contributed by atoms with E-state index >= 15 is 0 Å². The Bertz CT molecular complexity index is 520. The zero-order valence-corrected chi connectivity index (χ0v) is 16.6. The minimum atomic E-state index is 0. The Kier molecular flexibility index (Phi) is 6.87. The molecule has 5 heteroatoms. The molecule has 1 N–H and O–H groups in total. The maximum atomic E-state index is 4.49. The first kappa shape index (κ1) is 17.9. The van der Waals surface area contributed by atoms with Crippen LogP contribution < -0.4 is 5.32 Å². The fraction of sp³-hybridized carbons (Fsp3) is 0.588. The SMILES string of the molecule is CCC1CN(C(=NC)NCC2Cc3ccccc32)CCS1.I. The highest BCUT2D eigenvalue weighted by Gasteiger charge is 2.27. The molecule has 1 aliphatic heterocycles. The van der Waals surface area contributed by atoms with Gasteiger partial charge in [-0.15, -0.1) is 24.0 Å². The van der Waals surface area contributed by atoms with Gasteiger partial charge in [0, 0.05) is 43.6 Å². The van der Waals surface area contributed by atoms with Crippen LogP contribution in [0.3, 0.4) is 0 Å². The molecule has 0 spiro atoms. The van der Waals surface area contributed by atoms with Crippen molar-refractivity contribution in [2.24, 2.45) is 4.99 Å². The number of fused-ring (bicyclic) bond motifs is 1. The average molecular weight is 431 g/mol. The van der Waals surface area contributed by atoms with Gasteiger partial charge in [0.2, 0.25) is 0 Å². The molecular weight excluding hydrogens is 405 g/mol. The van der Waals surface area contributed by atoms with E-state index in [1.165, 1.54) is 29.7 Å². The summed E-state index contributed by atoms with van der Waals surface area (Å²) in [5.41, 5.74) is 3.03. The molecule has 0 amide bonds. The topological polar surface area (TPSA) is 27.6 Å². The molecule has 1 aliphatic carbocycles. The summed E-state index contributed by atoms with van der Waals surface area (Å²) >= 11 is 2.10. The maximum absolute atomic E-state index is 4.49. The van der Waals surface area contributed by atoms with E-state index < -0.39 is 0 Å². The lowest BCUT2D eigenvalue weighted by molar-refractivity contribution is 0.404. The van der Waals surface area contributed by atoms with Crippen LogP contribution in [0, 0.1) is 0 Å². The summed E-state index contributed by atoms with van der Waals surface area (Å²) in [5, 5.41) is 4.34. The van der Waals surface area contributed by atoms with Crippen LogP contribution in [-0.4, -0.2) is 48.5 Å². The molecule has 2 unspecified atom stereocenters. The molecular formula is C17H26IN3S. The highest BCUT2D eigenvalue weighted by atomic mass is 127. The molecule has 122 valence electrons. The van der Waals surface area contributed by atoms with Gasteiger partial charge in [-0.3, -0.25) is 4.99 Å². The second-order valence-corrected chi connectivity index (χ2v) is 7.28. The highest BCUT2D eigenvalue weighted by Crippen LogP contribution is 2.34. The van der Waals surface area contributed by atoms with Crippen LogP contribution in [0.25, 0.3) is 0 Å². The molecule has 1 heterocycles. The Balaban J connectivity index is 0.00000176. The second-order valence-electron chi connectivity index (χ2n) is 5.88. The predicted molar refractivity (Wildman–Crippen MR) is 108 cm³/mol. The molecule has 1 aromatic rings. The molecule has 1 aromatic carbocycles. The van der Waals surface area contributed by atoms with Crippen LogP contribution in [-0.2, 0) is 6.42 Å². The number of aliphatic imine (C=N–C) groups is 1. The Morgan fingerprint density at radius 2 is 2.23 bits per heavy atom. The summed E-state index contributed by atoms with van der Waals surface area (Å²) in [5.74, 6) is 2.95. The molecule has 3 rings (SSSR count). The van der Waals surface area contributed by atoms with Crippen molar-refractivity contribution < 1.29 is 0 Å². The fourth-order valence-corrected chi connectivity index (χ4v) is 4.43. The lowest BCUT2D eigenvalue weighted by Crippen LogP contribution is -2.49. The first-order valence-corrected chi connectivity index (χ1v) is 9.01. The van der Waals surface area contributed by atoms with Crippen LogP contribution in [0.4, 0.5) is 0 Å². The van der Waals surface area contributed by atoms with Crippen molar-refractivity contribution in [1.29, 1.82) is 0 Å². The van der Waals surface area contributed by atoms with Gasteiger partial charge in [0.15, 0.2) is 5.96 Å². The maximum Gasteiger partial charge on any atom is 0.193 e. The van der Waals surface area contributed by atoms with Gasteiger partial charge in [0.05, 0.1) is 0 Å². The second kappa shape index (κ2) is 8.43. The molecule has 3 nitrogen and oxygen atoms in total. The Morgan fingerprint density at radius 3 is 2.95 bits per heavy atom. The number of rotatable bonds is 3. The van der Waals surface area contributed by atoms with E-state index in [4.69, 9.17) is 0 Å². The number of nitrogens with zero attached hydrogens (tertiary/aromatic N) is 2. The van der Waals surface area contributed by atoms with Gasteiger partial charge in [0.1, 0.15) is 0 Å². The van der Waals surface area contributed by atoms with Gasteiger partial charge < -0.3 is 10.2 Å². The highest BCUT2D eigenvalue weighted by molar-refractivity contribution is 14.0. The lowest BCUT2D eigenvalue weighted by Gasteiger charge is -2.36. The first-order chi connectivity index (χ1) is 10.3. The number of halogens is 1. The smallest absolute Gasteiger partial charge is 0.193 e. The minimum Gasteiger partial charge on any atom is -0.356 e. The van der Waals surface area contributed by atoms with Gasteiger partial charge in [-0.05, 0) is 24.0 Å². The summed E-state index contributed by atoms with van der Waals surface area (Å²) in [4.78, 5) is 6.91. The summed E-state index contributed by atoms with van der Waals surface area (Å²) < 4.78 is 0. The van der Waals surface area contributed by atoms with Crippen molar-refractivity contribution in [1.82, 2.24) is 10.2 Å². The van der Waals surface area contributed by atoms with Crippen LogP contribution in [0.2, 0.25) is 0 Å². The van der Waals surface area contributed by atoms with Crippen molar-refractivity contribution in [3.63, 3.8) is 0 Å². The van der Waals surface area contributed by atoms with E-state index in [1.807, 2.05) is 7.05 Å². The van der Waals surface area contributed by atoms with Crippen molar-refractivity contribution >= 4 is 41.7 Å². The summed E-state index contributed by atoms with van der Waals surface area (Å²) in [6.45, 7) is 5.52. The van der Waals surface area contributed by atoms with E-state index in [1.54, 1.807) is 0 Å². The number of guanidine groups is 1. The minimum absolute atomic E-state index is 0. The zero-order chi connectivity index (χ0) is 14.7. The van der Waals surface area contributed by atoms with E-state index in [2.05, 4.69) is 58.2 Å². The molecule has 2 atom stereocenters. The number of hydrogen-bond donors (Lipinski definition) is 1. The molecule has 1 fully saturated rings. The Morgan fingerprint density at radius 1 is 1.41 bits per heavy atom. The molecule has 1 saturated heterocycles. The zero-order valence-electron chi connectivity index (χ0n) is 13.4. The monoisotopic (exact) mass is 431 g/mol.